The van der Waals surface area contributed by atoms with Crippen molar-refractivity contribution < 1.29 is 23.6 Å². The van der Waals surface area contributed by atoms with E-state index < -0.39 is 24.0 Å². The summed E-state index contributed by atoms with van der Waals surface area (Å²) in [5.41, 5.74) is 0.557. The first kappa shape index (κ1) is 20.8. The number of anilines is 1. The molecule has 2 heterocycles. The lowest BCUT2D eigenvalue weighted by Gasteiger charge is -2.13. The third-order valence-corrected chi connectivity index (χ3v) is 3.96. The molecule has 0 aliphatic heterocycles. The monoisotopic (exact) mass is 412 g/mol. The first-order valence-electron chi connectivity index (χ1n) is 9.12. The molecule has 10 heteroatoms. The number of amides is 1. The van der Waals surface area contributed by atoms with Crippen molar-refractivity contribution in [3.63, 3.8) is 0 Å². The molecule has 1 N–H and O–H groups in total. The molecule has 1 amide bonds. The van der Waals surface area contributed by atoms with Gasteiger partial charge in [0.05, 0.1) is 18.4 Å². The highest BCUT2D eigenvalue weighted by Crippen LogP contribution is 2.18. The zero-order valence-electron chi connectivity index (χ0n) is 16.7. The van der Waals surface area contributed by atoms with Gasteiger partial charge < -0.3 is 19.3 Å². The fourth-order valence-electron chi connectivity index (χ4n) is 2.61. The van der Waals surface area contributed by atoms with Crippen molar-refractivity contribution in [3.05, 3.63) is 63.8 Å². The molecule has 2 aromatic heterocycles. The number of rotatable bonds is 7. The topological polar surface area (TPSA) is 126 Å². The summed E-state index contributed by atoms with van der Waals surface area (Å²) in [5, 5.41) is 10.3. The molecule has 0 saturated heterocycles. The third-order valence-electron chi connectivity index (χ3n) is 3.96. The van der Waals surface area contributed by atoms with Crippen LogP contribution in [-0.2, 0) is 9.53 Å². The highest BCUT2D eigenvalue weighted by Gasteiger charge is 2.21. The quantitative estimate of drug-likeness (QED) is 0.584. The Kier molecular flexibility index (Phi) is 6.26. The largest absolute Gasteiger partial charge is 0.481 e. The fourth-order valence-corrected chi connectivity index (χ4v) is 2.61. The summed E-state index contributed by atoms with van der Waals surface area (Å²) in [4.78, 5) is 37.1. The number of ether oxygens (including phenoxy) is 2. The summed E-state index contributed by atoms with van der Waals surface area (Å²) in [6.07, 6.45) is 0. The normalized spacial score (nSPS) is 10.5. The summed E-state index contributed by atoms with van der Waals surface area (Å²) < 4.78 is 16.4. The number of nitrogens with zero attached hydrogens (tertiary/aromatic N) is 3. The third kappa shape index (κ3) is 4.72. The molecule has 30 heavy (non-hydrogen) atoms. The SMILES string of the molecule is CCOC(=O)c1nn(-c2ccccc2C)c(=O)cc1OCC(=O)Nc1cc(C)on1. The molecule has 3 rings (SSSR count). The van der Waals surface area contributed by atoms with Crippen LogP contribution < -0.4 is 15.6 Å². The van der Waals surface area contributed by atoms with E-state index >= 15 is 0 Å². The van der Waals surface area contributed by atoms with Gasteiger partial charge in [-0.25, -0.2) is 4.79 Å². The maximum Gasteiger partial charge on any atom is 0.362 e. The number of aromatic nitrogens is 3. The van der Waals surface area contributed by atoms with Crippen LogP contribution in [0.3, 0.4) is 0 Å². The number of nitrogens with one attached hydrogen (secondary N) is 1. The predicted octanol–water partition coefficient (Wildman–Crippen LogP) is 2.03. The lowest BCUT2D eigenvalue weighted by atomic mass is 10.2. The van der Waals surface area contributed by atoms with E-state index in [9.17, 15) is 14.4 Å². The van der Waals surface area contributed by atoms with Crippen molar-refractivity contribution in [3.8, 4) is 11.4 Å². The van der Waals surface area contributed by atoms with Gasteiger partial charge in [-0.15, -0.1) is 0 Å². The Morgan fingerprint density at radius 3 is 2.63 bits per heavy atom. The van der Waals surface area contributed by atoms with Gasteiger partial charge in [0.15, 0.2) is 18.2 Å². The minimum Gasteiger partial charge on any atom is -0.481 e. The lowest BCUT2D eigenvalue weighted by Crippen LogP contribution is -2.27. The van der Waals surface area contributed by atoms with Crippen molar-refractivity contribution in [1.29, 1.82) is 0 Å². The van der Waals surface area contributed by atoms with Crippen LogP contribution in [0.2, 0.25) is 0 Å². The molecule has 0 radical (unpaired) electrons. The average Bonchev–Trinajstić information content (AvgIpc) is 3.11. The maximum absolute atomic E-state index is 12.6. The molecule has 1 aromatic carbocycles. The Morgan fingerprint density at radius 2 is 1.97 bits per heavy atom. The summed E-state index contributed by atoms with van der Waals surface area (Å²) in [5.74, 6) is -0.738. The number of aryl methyl sites for hydroxylation is 2. The first-order chi connectivity index (χ1) is 14.4. The van der Waals surface area contributed by atoms with Crippen molar-refractivity contribution in [1.82, 2.24) is 14.9 Å². The minimum atomic E-state index is -0.776. The van der Waals surface area contributed by atoms with Gasteiger partial charge >= 0.3 is 5.97 Å². The molecule has 0 bridgehead atoms. The highest BCUT2D eigenvalue weighted by molar-refractivity contribution is 5.92. The van der Waals surface area contributed by atoms with Crippen LogP contribution in [-0.4, -0.2) is 40.0 Å². The van der Waals surface area contributed by atoms with Crippen LogP contribution in [0.15, 0.2) is 45.7 Å². The first-order valence-corrected chi connectivity index (χ1v) is 9.12. The predicted molar refractivity (Wildman–Crippen MR) is 106 cm³/mol. The van der Waals surface area contributed by atoms with E-state index in [0.29, 0.717) is 11.4 Å². The van der Waals surface area contributed by atoms with E-state index in [1.165, 1.54) is 6.07 Å². The van der Waals surface area contributed by atoms with Crippen LogP contribution >= 0.6 is 0 Å². The van der Waals surface area contributed by atoms with Gasteiger partial charge in [0.2, 0.25) is 5.69 Å². The summed E-state index contributed by atoms with van der Waals surface area (Å²) in [6.45, 7) is 4.76. The standard InChI is InChI=1S/C20H20N4O6/c1-4-28-20(27)19-15(29-11-17(25)21-16-9-13(3)30-23-16)10-18(26)24(22-19)14-8-6-5-7-12(14)2/h5-10H,4,11H2,1-3H3,(H,21,23,25). The van der Waals surface area contributed by atoms with Crippen LogP contribution in [0.5, 0.6) is 5.75 Å². The van der Waals surface area contributed by atoms with E-state index in [0.717, 1.165) is 16.3 Å². The lowest BCUT2D eigenvalue weighted by molar-refractivity contribution is -0.118. The maximum atomic E-state index is 12.6. The van der Waals surface area contributed by atoms with Crippen molar-refractivity contribution in [2.75, 3.05) is 18.5 Å². The van der Waals surface area contributed by atoms with Crippen molar-refractivity contribution in [2.24, 2.45) is 0 Å². The van der Waals surface area contributed by atoms with Gasteiger partial charge in [-0.3, -0.25) is 9.59 Å². The number of para-hydroxylation sites is 1. The smallest absolute Gasteiger partial charge is 0.362 e. The summed E-state index contributed by atoms with van der Waals surface area (Å²) in [6, 6.07) is 9.72. The second-order valence-electron chi connectivity index (χ2n) is 6.27. The Balaban J connectivity index is 1.88. The second-order valence-corrected chi connectivity index (χ2v) is 6.27. The number of hydrogen-bond donors (Lipinski definition) is 1. The van der Waals surface area contributed by atoms with Gasteiger partial charge in [0, 0.05) is 6.07 Å². The Morgan fingerprint density at radius 1 is 1.20 bits per heavy atom. The molecular weight excluding hydrogens is 392 g/mol. The second kappa shape index (κ2) is 9.03. The zero-order valence-corrected chi connectivity index (χ0v) is 16.7. The molecule has 0 spiro atoms. The number of benzene rings is 1. The van der Waals surface area contributed by atoms with E-state index in [1.807, 2.05) is 19.1 Å². The van der Waals surface area contributed by atoms with Crippen LogP contribution in [0.25, 0.3) is 5.69 Å². The van der Waals surface area contributed by atoms with Gasteiger partial charge in [0.25, 0.3) is 11.5 Å². The molecule has 0 atom stereocenters. The number of hydrogen-bond acceptors (Lipinski definition) is 8. The molecule has 156 valence electrons. The minimum absolute atomic E-state index is 0.107. The molecule has 10 nitrogen and oxygen atoms in total. The van der Waals surface area contributed by atoms with Crippen molar-refractivity contribution >= 4 is 17.7 Å². The van der Waals surface area contributed by atoms with E-state index in [4.69, 9.17) is 14.0 Å². The summed E-state index contributed by atoms with van der Waals surface area (Å²) >= 11 is 0. The number of carbonyl (C=O) groups is 2. The molecular formula is C20H20N4O6. The van der Waals surface area contributed by atoms with Crippen LogP contribution in [0, 0.1) is 13.8 Å². The average molecular weight is 412 g/mol. The molecule has 0 saturated carbocycles. The van der Waals surface area contributed by atoms with E-state index in [2.05, 4.69) is 15.6 Å². The molecule has 0 fully saturated rings. The highest BCUT2D eigenvalue weighted by atomic mass is 16.5. The molecule has 0 aliphatic carbocycles. The molecule has 0 aliphatic rings. The van der Waals surface area contributed by atoms with Gasteiger partial charge in [0.1, 0.15) is 5.76 Å². The number of carbonyl (C=O) groups excluding carboxylic acids is 2. The van der Waals surface area contributed by atoms with Gasteiger partial charge in [-0.1, -0.05) is 23.4 Å². The Hall–Kier alpha value is -3.95. The Labute approximate surface area is 171 Å². The molecule has 0 unspecified atom stereocenters. The van der Waals surface area contributed by atoms with E-state index in [1.54, 1.807) is 26.0 Å². The van der Waals surface area contributed by atoms with Crippen LogP contribution in [0.1, 0.15) is 28.7 Å². The van der Waals surface area contributed by atoms with Crippen molar-refractivity contribution in [2.45, 2.75) is 20.8 Å². The van der Waals surface area contributed by atoms with Gasteiger partial charge in [-0.05, 0) is 32.4 Å². The number of esters is 1. The van der Waals surface area contributed by atoms with E-state index in [-0.39, 0.29) is 23.9 Å². The van der Waals surface area contributed by atoms with Gasteiger partial charge in [-0.2, -0.15) is 9.78 Å². The Bertz CT molecular complexity index is 1130. The van der Waals surface area contributed by atoms with Crippen LogP contribution in [0.4, 0.5) is 5.82 Å². The summed E-state index contributed by atoms with van der Waals surface area (Å²) in [7, 11) is 0. The fraction of sp³-hybridized carbons (Fsp3) is 0.250. The zero-order chi connectivity index (χ0) is 21.7. The molecule has 3 aromatic rings.